The molecule has 2 heteroatoms. The van der Waals surface area contributed by atoms with Gasteiger partial charge < -0.3 is 4.74 Å². The van der Waals surface area contributed by atoms with Crippen LogP contribution >= 0.6 is 0 Å². The molecule has 0 saturated heterocycles. The summed E-state index contributed by atoms with van der Waals surface area (Å²) in [6, 6.07) is 21.5. The van der Waals surface area contributed by atoms with Gasteiger partial charge in [-0.2, -0.15) is 0 Å². The predicted octanol–water partition coefficient (Wildman–Crippen LogP) is 6.14. The fourth-order valence-electron chi connectivity index (χ4n) is 4.13. The molecule has 0 unspecified atom stereocenters. The van der Waals surface area contributed by atoms with Gasteiger partial charge in [-0.3, -0.25) is 0 Å². The zero-order valence-corrected chi connectivity index (χ0v) is 19.6. The van der Waals surface area contributed by atoms with Crippen LogP contribution in [0.3, 0.4) is 0 Å². The highest BCUT2D eigenvalue weighted by atomic mass is 16.5. The lowest BCUT2D eigenvalue weighted by Crippen LogP contribution is -2.58. The number of aryl methyl sites for hydroxylation is 4. The van der Waals surface area contributed by atoms with Crippen molar-refractivity contribution in [1.82, 2.24) is 0 Å². The van der Waals surface area contributed by atoms with Crippen LogP contribution in [-0.4, -0.2) is 6.21 Å². The van der Waals surface area contributed by atoms with Crippen molar-refractivity contribution in [3.05, 3.63) is 130 Å². The summed E-state index contributed by atoms with van der Waals surface area (Å²) in [5.74, 6) is 1.69. The van der Waals surface area contributed by atoms with Gasteiger partial charge in [-0.15, -0.1) is 0 Å². The van der Waals surface area contributed by atoms with Gasteiger partial charge in [0, 0.05) is 11.6 Å². The van der Waals surface area contributed by atoms with Crippen molar-refractivity contribution in [3.8, 4) is 0 Å². The molecule has 0 spiro atoms. The van der Waals surface area contributed by atoms with Gasteiger partial charge in [0.25, 0.3) is 0 Å². The van der Waals surface area contributed by atoms with Crippen LogP contribution in [0.4, 0.5) is 5.69 Å². The van der Waals surface area contributed by atoms with Gasteiger partial charge in [-0.25, -0.2) is 4.99 Å². The SMILES string of the molecule is Cc1ccc(C2=C/C(=C\C=C3/C=[NH+]c4ccccc43)OC(c3ccc(C)c(C)c3)=C2)cc1C. The molecule has 0 aromatic heterocycles. The Balaban J connectivity index is 1.57. The molecule has 1 N–H and O–H groups in total. The Kier molecular flexibility index (Phi) is 5.43. The highest BCUT2D eigenvalue weighted by Gasteiger charge is 2.18. The van der Waals surface area contributed by atoms with E-state index in [1.807, 2.05) is 12.3 Å². The summed E-state index contributed by atoms with van der Waals surface area (Å²) in [4.78, 5) is 3.34. The van der Waals surface area contributed by atoms with E-state index in [4.69, 9.17) is 4.74 Å². The molecule has 3 aromatic carbocycles. The van der Waals surface area contributed by atoms with Gasteiger partial charge in [0.1, 0.15) is 11.5 Å². The lowest BCUT2D eigenvalue weighted by molar-refractivity contribution is -0.342. The van der Waals surface area contributed by atoms with Crippen molar-refractivity contribution in [2.45, 2.75) is 27.7 Å². The first kappa shape index (κ1) is 21.0. The molecule has 33 heavy (non-hydrogen) atoms. The minimum absolute atomic E-state index is 0.823. The average molecular weight is 431 g/mol. The monoisotopic (exact) mass is 430 g/mol. The van der Waals surface area contributed by atoms with E-state index >= 15 is 0 Å². The number of allylic oxidation sites excluding steroid dienone is 6. The molecule has 0 fully saturated rings. The van der Waals surface area contributed by atoms with Gasteiger partial charge >= 0.3 is 0 Å². The number of ether oxygens (including phenoxy) is 1. The number of nitrogens with one attached hydrogen (secondary N) is 1. The third-order valence-corrected chi connectivity index (χ3v) is 6.49. The highest BCUT2D eigenvalue weighted by Crippen LogP contribution is 2.33. The maximum absolute atomic E-state index is 6.39. The van der Waals surface area contributed by atoms with Crippen LogP contribution in [0, 0.1) is 27.7 Å². The number of fused-ring (bicyclic) bond motifs is 1. The smallest absolute Gasteiger partial charge is 0.211 e. The number of para-hydroxylation sites is 1. The maximum atomic E-state index is 6.39. The minimum atomic E-state index is 0.823. The van der Waals surface area contributed by atoms with E-state index in [0.717, 1.165) is 33.9 Å². The summed E-state index contributed by atoms with van der Waals surface area (Å²) in [5, 5.41) is 0. The Hall–Kier alpha value is -3.91. The van der Waals surface area contributed by atoms with Crippen LogP contribution in [-0.2, 0) is 4.74 Å². The number of hydrogen-bond acceptors (Lipinski definition) is 1. The fraction of sp³-hybridized carbons (Fsp3) is 0.129. The Morgan fingerprint density at radius 3 is 2.15 bits per heavy atom. The lowest BCUT2D eigenvalue weighted by atomic mass is 9.96. The van der Waals surface area contributed by atoms with E-state index in [-0.39, 0.29) is 0 Å². The van der Waals surface area contributed by atoms with Crippen molar-refractivity contribution in [3.63, 3.8) is 0 Å². The van der Waals surface area contributed by atoms with Crippen molar-refractivity contribution in [2.24, 2.45) is 0 Å². The predicted molar refractivity (Wildman–Crippen MR) is 138 cm³/mol. The summed E-state index contributed by atoms with van der Waals surface area (Å²) in [6.45, 7) is 8.59. The van der Waals surface area contributed by atoms with E-state index in [9.17, 15) is 0 Å². The molecule has 2 aliphatic rings. The second-order valence-corrected chi connectivity index (χ2v) is 8.83. The van der Waals surface area contributed by atoms with Crippen LogP contribution in [0.25, 0.3) is 16.9 Å². The van der Waals surface area contributed by atoms with E-state index < -0.39 is 0 Å². The van der Waals surface area contributed by atoms with Crippen molar-refractivity contribution in [2.75, 3.05) is 0 Å². The van der Waals surface area contributed by atoms with E-state index in [0.29, 0.717) is 0 Å². The van der Waals surface area contributed by atoms with Gasteiger partial charge in [0.15, 0.2) is 6.21 Å². The molecule has 0 aliphatic carbocycles. The standard InChI is InChI=1S/C31H27NO/c1-20-9-11-24(15-22(20)3)27-17-28(14-13-26-19-32-30-8-6-5-7-29(26)30)33-31(18-27)25-12-10-21(2)23(4)16-25/h5-19H,1-4H3/p+1/b26-13+,28-14+. The second-order valence-electron chi connectivity index (χ2n) is 8.83. The first-order valence-electron chi connectivity index (χ1n) is 11.4. The first-order chi connectivity index (χ1) is 16.0. The molecule has 0 radical (unpaired) electrons. The van der Waals surface area contributed by atoms with Gasteiger partial charge in [-0.05, 0) is 97.5 Å². The lowest BCUT2D eigenvalue weighted by Gasteiger charge is -2.19. The maximum Gasteiger partial charge on any atom is 0.211 e. The largest absolute Gasteiger partial charge is 0.457 e. The van der Waals surface area contributed by atoms with Crippen LogP contribution in [0.2, 0.25) is 0 Å². The molecule has 0 bridgehead atoms. The Morgan fingerprint density at radius 1 is 0.697 bits per heavy atom. The van der Waals surface area contributed by atoms with Crippen LogP contribution in [0.5, 0.6) is 0 Å². The van der Waals surface area contributed by atoms with Gasteiger partial charge in [0.05, 0.1) is 11.1 Å². The molecular weight excluding hydrogens is 402 g/mol. The second kappa shape index (κ2) is 8.55. The topological polar surface area (TPSA) is 23.2 Å². The number of benzene rings is 3. The fourth-order valence-corrected chi connectivity index (χ4v) is 4.13. The number of hydrogen-bond donors (Lipinski definition) is 1. The van der Waals surface area contributed by atoms with E-state index in [2.05, 4.69) is 112 Å². The molecule has 5 rings (SSSR count). The molecule has 0 amide bonds. The number of rotatable bonds is 3. The summed E-state index contributed by atoms with van der Waals surface area (Å²) in [6.07, 6.45) is 10.5. The molecule has 0 saturated carbocycles. The third kappa shape index (κ3) is 4.25. The van der Waals surface area contributed by atoms with Gasteiger partial charge in [-0.1, -0.05) is 42.5 Å². The normalized spacial score (nSPS) is 17.1. The zero-order valence-electron chi connectivity index (χ0n) is 19.6. The van der Waals surface area contributed by atoms with Crippen LogP contribution in [0.1, 0.15) is 38.9 Å². The van der Waals surface area contributed by atoms with Crippen LogP contribution in [0.15, 0.2) is 90.7 Å². The third-order valence-electron chi connectivity index (χ3n) is 6.49. The van der Waals surface area contributed by atoms with E-state index in [1.54, 1.807) is 0 Å². The van der Waals surface area contributed by atoms with E-state index in [1.165, 1.54) is 33.4 Å². The minimum Gasteiger partial charge on any atom is -0.457 e. The molecule has 0 atom stereocenters. The Labute approximate surface area is 196 Å². The van der Waals surface area contributed by atoms with Crippen molar-refractivity contribution >= 4 is 28.8 Å². The summed E-state index contributed by atoms with van der Waals surface area (Å²) in [7, 11) is 0. The highest BCUT2D eigenvalue weighted by molar-refractivity contribution is 6.11. The molecule has 2 aliphatic heterocycles. The summed E-state index contributed by atoms with van der Waals surface area (Å²) in [5.41, 5.74) is 12.0. The van der Waals surface area contributed by atoms with Gasteiger partial charge in [0.2, 0.25) is 5.69 Å². The Morgan fingerprint density at radius 2 is 1.39 bits per heavy atom. The van der Waals surface area contributed by atoms with Crippen molar-refractivity contribution in [1.29, 1.82) is 0 Å². The quantitative estimate of drug-likeness (QED) is 0.530. The Bertz CT molecular complexity index is 1410. The molecule has 2 heterocycles. The average Bonchev–Trinajstić information content (AvgIpc) is 3.24. The molecule has 162 valence electrons. The van der Waals surface area contributed by atoms with Crippen LogP contribution < -0.4 is 4.99 Å². The molecular formula is C31H28NO+. The summed E-state index contributed by atoms with van der Waals surface area (Å²) >= 11 is 0. The summed E-state index contributed by atoms with van der Waals surface area (Å²) < 4.78 is 6.39. The molecule has 3 aromatic rings. The zero-order chi connectivity index (χ0) is 22.9. The molecule has 2 nitrogen and oxygen atoms in total. The first-order valence-corrected chi connectivity index (χ1v) is 11.4. The van der Waals surface area contributed by atoms with Crippen molar-refractivity contribution < 1.29 is 9.73 Å².